The van der Waals surface area contributed by atoms with Gasteiger partial charge in [-0.1, -0.05) is 17.4 Å². The van der Waals surface area contributed by atoms with Crippen LogP contribution >= 0.6 is 23.1 Å². The Hall–Kier alpha value is -1.80. The highest BCUT2D eigenvalue weighted by atomic mass is 32.2. The second-order valence-corrected chi connectivity index (χ2v) is 5.78. The van der Waals surface area contributed by atoms with Crippen LogP contribution in [0.2, 0.25) is 0 Å². The van der Waals surface area contributed by atoms with Crippen molar-refractivity contribution in [2.75, 3.05) is 10.7 Å². The lowest BCUT2D eigenvalue weighted by molar-refractivity contribution is -0.115. The first-order valence-electron chi connectivity index (χ1n) is 5.38. The van der Waals surface area contributed by atoms with Gasteiger partial charge in [0.15, 0.2) is 11.5 Å². The van der Waals surface area contributed by atoms with E-state index in [-0.39, 0.29) is 22.8 Å². The van der Waals surface area contributed by atoms with Crippen LogP contribution in [0.1, 0.15) is 10.9 Å². The molecule has 1 aliphatic heterocycles. The van der Waals surface area contributed by atoms with Crippen molar-refractivity contribution in [2.24, 2.45) is 0 Å². The minimum atomic E-state index is -0.257. The van der Waals surface area contributed by atoms with E-state index < -0.39 is 0 Å². The van der Waals surface area contributed by atoms with Crippen LogP contribution in [0.4, 0.5) is 5.13 Å². The highest BCUT2D eigenvalue weighted by Crippen LogP contribution is 2.43. The Morgan fingerprint density at radius 3 is 2.84 bits per heavy atom. The van der Waals surface area contributed by atoms with Crippen molar-refractivity contribution < 1.29 is 15.0 Å². The first-order valence-corrected chi connectivity index (χ1v) is 7.31. The van der Waals surface area contributed by atoms with Crippen molar-refractivity contribution in [2.45, 2.75) is 5.37 Å². The summed E-state index contributed by atoms with van der Waals surface area (Å²) in [4.78, 5) is 13.5. The number of rotatable bonds is 2. The highest BCUT2D eigenvalue weighted by molar-refractivity contribution is 8.00. The molecule has 2 aromatic rings. The molecule has 0 saturated carbocycles. The van der Waals surface area contributed by atoms with Crippen LogP contribution in [0.5, 0.6) is 11.5 Å². The number of hydrogen-bond acceptors (Lipinski definition) is 7. The quantitative estimate of drug-likeness (QED) is 0.821. The summed E-state index contributed by atoms with van der Waals surface area (Å²) < 4.78 is 0. The lowest BCUT2D eigenvalue weighted by Crippen LogP contribution is -2.27. The van der Waals surface area contributed by atoms with E-state index in [0.717, 1.165) is 5.56 Å². The number of hydrogen-bond donors (Lipinski definition) is 2. The monoisotopic (exact) mass is 295 g/mol. The summed E-state index contributed by atoms with van der Waals surface area (Å²) >= 11 is 2.73. The minimum absolute atomic E-state index is 0.0423. The summed E-state index contributed by atoms with van der Waals surface area (Å²) in [5.74, 6) is -0.0687. The molecule has 98 valence electrons. The molecule has 1 unspecified atom stereocenters. The van der Waals surface area contributed by atoms with E-state index in [9.17, 15) is 15.0 Å². The van der Waals surface area contributed by atoms with E-state index in [2.05, 4.69) is 10.2 Å². The topological polar surface area (TPSA) is 86.5 Å². The third-order valence-electron chi connectivity index (χ3n) is 2.71. The number of anilines is 1. The third-order valence-corrected chi connectivity index (χ3v) is 4.61. The third kappa shape index (κ3) is 2.13. The fourth-order valence-electron chi connectivity index (χ4n) is 1.84. The molecule has 0 radical (unpaired) electrons. The van der Waals surface area contributed by atoms with Gasteiger partial charge in [0.05, 0.1) is 5.75 Å². The molecule has 1 saturated heterocycles. The van der Waals surface area contributed by atoms with Crippen molar-refractivity contribution >= 4 is 34.1 Å². The van der Waals surface area contributed by atoms with E-state index in [1.165, 1.54) is 35.2 Å². The smallest absolute Gasteiger partial charge is 0.240 e. The van der Waals surface area contributed by atoms with Crippen LogP contribution in [-0.2, 0) is 4.79 Å². The molecule has 6 nitrogen and oxygen atoms in total. The maximum absolute atomic E-state index is 11.9. The number of nitrogens with zero attached hydrogens (tertiary/aromatic N) is 3. The lowest BCUT2D eigenvalue weighted by atomic mass is 10.2. The molecule has 19 heavy (non-hydrogen) atoms. The molecule has 1 aromatic heterocycles. The zero-order valence-electron chi connectivity index (χ0n) is 9.55. The van der Waals surface area contributed by atoms with E-state index in [1.54, 1.807) is 16.5 Å². The fraction of sp³-hybridized carbons (Fsp3) is 0.182. The van der Waals surface area contributed by atoms with Gasteiger partial charge in [-0.3, -0.25) is 9.69 Å². The van der Waals surface area contributed by atoms with Crippen molar-refractivity contribution in [3.8, 4) is 11.5 Å². The van der Waals surface area contributed by atoms with Gasteiger partial charge in [-0.2, -0.15) is 0 Å². The van der Waals surface area contributed by atoms with Gasteiger partial charge in [0.1, 0.15) is 10.9 Å². The zero-order valence-corrected chi connectivity index (χ0v) is 11.2. The summed E-state index contributed by atoms with van der Waals surface area (Å²) in [6.45, 7) is 0. The average molecular weight is 295 g/mol. The first-order chi connectivity index (χ1) is 9.16. The molecule has 0 bridgehead atoms. The van der Waals surface area contributed by atoms with Gasteiger partial charge in [0.2, 0.25) is 11.0 Å². The summed E-state index contributed by atoms with van der Waals surface area (Å²) in [5.41, 5.74) is 2.30. The van der Waals surface area contributed by atoms with E-state index in [0.29, 0.717) is 10.9 Å². The summed E-state index contributed by atoms with van der Waals surface area (Å²) in [7, 11) is 0. The molecule has 1 atom stereocenters. The molecule has 1 amide bonds. The van der Waals surface area contributed by atoms with Crippen LogP contribution < -0.4 is 4.90 Å². The number of amides is 1. The lowest BCUT2D eigenvalue weighted by Gasteiger charge is -2.21. The number of phenolic OH excluding ortho intramolecular Hbond substituents is 2. The molecule has 1 fully saturated rings. The van der Waals surface area contributed by atoms with Gasteiger partial charge in [-0.25, -0.2) is 0 Å². The highest BCUT2D eigenvalue weighted by Gasteiger charge is 2.36. The maximum atomic E-state index is 11.9. The van der Waals surface area contributed by atoms with Gasteiger partial charge >= 0.3 is 0 Å². The Morgan fingerprint density at radius 1 is 1.32 bits per heavy atom. The van der Waals surface area contributed by atoms with Crippen molar-refractivity contribution in [3.63, 3.8) is 0 Å². The first kappa shape index (κ1) is 12.2. The number of carbonyl (C=O) groups is 1. The normalized spacial score (nSPS) is 19.1. The maximum Gasteiger partial charge on any atom is 0.240 e. The van der Waals surface area contributed by atoms with E-state index in [1.807, 2.05) is 0 Å². The Morgan fingerprint density at radius 2 is 2.16 bits per heavy atom. The Bertz CT molecular complexity index is 618. The Balaban J connectivity index is 1.99. The molecule has 0 aliphatic carbocycles. The van der Waals surface area contributed by atoms with Crippen LogP contribution in [0, 0.1) is 0 Å². The number of phenols is 2. The second kappa shape index (κ2) is 4.71. The molecule has 0 spiro atoms. The van der Waals surface area contributed by atoms with Crippen molar-refractivity contribution in [1.82, 2.24) is 10.2 Å². The van der Waals surface area contributed by atoms with E-state index >= 15 is 0 Å². The van der Waals surface area contributed by atoms with Crippen molar-refractivity contribution in [1.29, 1.82) is 0 Å². The standard InChI is InChI=1S/C11H9N3O3S2/c15-7-2-1-6(3-8(7)16)10-14(9(17)4-18-10)11-13-12-5-19-11/h1-3,5,10,15-16H,4H2. The number of aromatic nitrogens is 2. The molecule has 3 rings (SSSR count). The molecular formula is C11H9N3O3S2. The minimum Gasteiger partial charge on any atom is -0.504 e. The molecule has 2 N–H and O–H groups in total. The predicted molar refractivity (Wildman–Crippen MR) is 72.4 cm³/mol. The van der Waals surface area contributed by atoms with Gasteiger partial charge in [0, 0.05) is 0 Å². The molecule has 1 aliphatic rings. The van der Waals surface area contributed by atoms with Gasteiger partial charge in [-0.15, -0.1) is 22.0 Å². The van der Waals surface area contributed by atoms with Crippen LogP contribution in [0.25, 0.3) is 0 Å². The largest absolute Gasteiger partial charge is 0.504 e. The molecular weight excluding hydrogens is 286 g/mol. The SMILES string of the molecule is O=C1CSC(c2ccc(O)c(O)c2)N1c1nncs1. The summed E-state index contributed by atoms with van der Waals surface area (Å²) in [5, 5.41) is 26.8. The Kier molecular flexibility index (Phi) is 3.03. The number of benzene rings is 1. The summed E-state index contributed by atoms with van der Waals surface area (Å²) in [6, 6.07) is 4.55. The second-order valence-electron chi connectivity index (χ2n) is 3.90. The van der Waals surface area contributed by atoms with Gasteiger partial charge < -0.3 is 10.2 Å². The average Bonchev–Trinajstić information content (AvgIpc) is 3.01. The van der Waals surface area contributed by atoms with Crippen LogP contribution in [0.3, 0.4) is 0 Å². The van der Waals surface area contributed by atoms with Crippen molar-refractivity contribution in [3.05, 3.63) is 29.3 Å². The van der Waals surface area contributed by atoms with Crippen LogP contribution in [0.15, 0.2) is 23.7 Å². The predicted octanol–water partition coefficient (Wildman–Crippen LogP) is 1.73. The number of thioether (sulfide) groups is 1. The fourth-order valence-corrected chi connectivity index (χ4v) is 3.66. The van der Waals surface area contributed by atoms with Gasteiger partial charge in [0.25, 0.3) is 0 Å². The zero-order chi connectivity index (χ0) is 13.4. The molecule has 1 aromatic carbocycles. The molecule has 8 heteroatoms. The van der Waals surface area contributed by atoms with Gasteiger partial charge in [-0.05, 0) is 17.7 Å². The van der Waals surface area contributed by atoms with Crippen LogP contribution in [-0.4, -0.2) is 32.1 Å². The summed E-state index contributed by atoms with van der Waals surface area (Å²) in [6.07, 6.45) is 0. The number of aromatic hydroxyl groups is 2. The Labute approximate surface area is 116 Å². The molecule has 2 heterocycles. The van der Waals surface area contributed by atoms with E-state index in [4.69, 9.17) is 0 Å². The number of carbonyl (C=O) groups excluding carboxylic acids is 1.